The van der Waals surface area contributed by atoms with Crippen molar-refractivity contribution in [3.63, 3.8) is 0 Å². The first-order valence-electron chi connectivity index (χ1n) is 8.41. The lowest BCUT2D eigenvalue weighted by atomic mass is 10.0. The molecule has 128 valence electrons. The Bertz CT molecular complexity index is 639. The normalized spacial score (nSPS) is 12.0. The van der Waals surface area contributed by atoms with Crippen molar-refractivity contribution >= 4 is 5.91 Å². The standard InChI is InChI=1S/C20H26N2O2/c1-4-22(5-2)18(16-11-7-6-8-12-16)15-21-20(23)17-13-9-10-14-19(17)24-3/h6-14,18H,4-5,15H2,1-3H3,(H,21,23)/t18-/m1/s1. The van der Waals surface area contributed by atoms with E-state index in [1.54, 1.807) is 19.2 Å². The van der Waals surface area contributed by atoms with Crippen LogP contribution in [0.15, 0.2) is 54.6 Å². The van der Waals surface area contributed by atoms with Crippen LogP contribution in [0.25, 0.3) is 0 Å². The number of hydrogen-bond acceptors (Lipinski definition) is 3. The van der Waals surface area contributed by atoms with E-state index in [0.717, 1.165) is 13.1 Å². The SMILES string of the molecule is CCN(CC)[C@H](CNC(=O)c1ccccc1OC)c1ccccc1. The quantitative estimate of drug-likeness (QED) is 0.807. The highest BCUT2D eigenvalue weighted by Gasteiger charge is 2.20. The highest BCUT2D eigenvalue weighted by molar-refractivity contribution is 5.96. The molecule has 4 nitrogen and oxygen atoms in total. The third-order valence-electron chi connectivity index (χ3n) is 4.25. The van der Waals surface area contributed by atoms with Crippen LogP contribution in [-0.2, 0) is 0 Å². The Labute approximate surface area is 144 Å². The molecule has 2 aromatic rings. The van der Waals surface area contributed by atoms with E-state index in [-0.39, 0.29) is 11.9 Å². The number of ether oxygens (including phenoxy) is 1. The number of nitrogens with zero attached hydrogens (tertiary/aromatic N) is 1. The van der Waals surface area contributed by atoms with Gasteiger partial charge in [-0.25, -0.2) is 0 Å². The minimum absolute atomic E-state index is 0.111. The number of nitrogens with one attached hydrogen (secondary N) is 1. The molecule has 1 amide bonds. The maximum atomic E-state index is 12.5. The van der Waals surface area contributed by atoms with Gasteiger partial charge in [-0.15, -0.1) is 0 Å². The molecule has 4 heteroatoms. The lowest BCUT2D eigenvalue weighted by molar-refractivity contribution is 0.0932. The molecule has 0 aliphatic heterocycles. The highest BCUT2D eigenvalue weighted by atomic mass is 16.5. The summed E-state index contributed by atoms with van der Waals surface area (Å²) in [5.41, 5.74) is 1.77. The maximum Gasteiger partial charge on any atom is 0.255 e. The van der Waals surface area contributed by atoms with Crippen molar-refractivity contribution in [1.82, 2.24) is 10.2 Å². The molecular weight excluding hydrogens is 300 g/mol. The van der Waals surface area contributed by atoms with Crippen LogP contribution < -0.4 is 10.1 Å². The predicted molar refractivity (Wildman–Crippen MR) is 97.4 cm³/mol. The van der Waals surface area contributed by atoms with E-state index in [0.29, 0.717) is 17.9 Å². The molecule has 2 rings (SSSR count). The van der Waals surface area contributed by atoms with Crippen LogP contribution in [0.4, 0.5) is 0 Å². The van der Waals surface area contributed by atoms with Crippen LogP contribution in [0.1, 0.15) is 35.8 Å². The largest absolute Gasteiger partial charge is 0.496 e. The maximum absolute atomic E-state index is 12.5. The fraction of sp³-hybridized carbons (Fsp3) is 0.350. The van der Waals surface area contributed by atoms with Crippen molar-refractivity contribution in [1.29, 1.82) is 0 Å². The molecule has 0 saturated carbocycles. The molecule has 0 bridgehead atoms. The average Bonchev–Trinajstić information content (AvgIpc) is 2.65. The summed E-state index contributed by atoms with van der Waals surface area (Å²) in [5.74, 6) is 0.481. The number of benzene rings is 2. The van der Waals surface area contributed by atoms with E-state index >= 15 is 0 Å². The van der Waals surface area contributed by atoms with Crippen molar-refractivity contribution in [2.24, 2.45) is 0 Å². The number of rotatable bonds is 8. The molecule has 0 aromatic heterocycles. The van der Waals surface area contributed by atoms with Gasteiger partial charge in [-0.2, -0.15) is 0 Å². The minimum atomic E-state index is -0.111. The molecule has 0 unspecified atom stereocenters. The third kappa shape index (κ3) is 4.36. The van der Waals surface area contributed by atoms with Gasteiger partial charge in [0.25, 0.3) is 5.91 Å². The molecule has 1 atom stereocenters. The van der Waals surface area contributed by atoms with E-state index in [2.05, 4.69) is 36.2 Å². The van der Waals surface area contributed by atoms with Gasteiger partial charge in [-0.05, 0) is 30.8 Å². The summed E-state index contributed by atoms with van der Waals surface area (Å²) in [6.07, 6.45) is 0. The second-order valence-corrected chi connectivity index (χ2v) is 5.56. The molecule has 0 fully saturated rings. The molecule has 0 saturated heterocycles. The molecule has 0 radical (unpaired) electrons. The number of carbonyl (C=O) groups is 1. The van der Waals surface area contributed by atoms with Crippen molar-refractivity contribution in [3.05, 3.63) is 65.7 Å². The van der Waals surface area contributed by atoms with Crippen LogP contribution in [0.3, 0.4) is 0 Å². The summed E-state index contributed by atoms with van der Waals surface area (Å²) in [4.78, 5) is 14.9. The Hall–Kier alpha value is -2.33. The van der Waals surface area contributed by atoms with Crippen molar-refractivity contribution in [3.8, 4) is 5.75 Å². The molecule has 24 heavy (non-hydrogen) atoms. The second kappa shape index (κ2) is 9.08. The van der Waals surface area contributed by atoms with Gasteiger partial charge in [0.05, 0.1) is 18.7 Å². The van der Waals surface area contributed by atoms with Gasteiger partial charge in [-0.1, -0.05) is 56.3 Å². The minimum Gasteiger partial charge on any atom is -0.496 e. The van der Waals surface area contributed by atoms with Gasteiger partial charge < -0.3 is 10.1 Å². The van der Waals surface area contributed by atoms with Crippen LogP contribution in [0.2, 0.25) is 0 Å². The average molecular weight is 326 g/mol. The summed E-state index contributed by atoms with van der Waals surface area (Å²) in [6, 6.07) is 17.7. The lowest BCUT2D eigenvalue weighted by Crippen LogP contribution is -2.38. The lowest BCUT2D eigenvalue weighted by Gasteiger charge is -2.30. The van der Waals surface area contributed by atoms with Gasteiger partial charge in [0.15, 0.2) is 0 Å². The van der Waals surface area contributed by atoms with Crippen LogP contribution in [-0.4, -0.2) is 37.6 Å². The zero-order chi connectivity index (χ0) is 17.4. The number of methoxy groups -OCH3 is 1. The molecule has 0 aliphatic carbocycles. The smallest absolute Gasteiger partial charge is 0.255 e. The number of amides is 1. The summed E-state index contributed by atoms with van der Waals surface area (Å²) in [7, 11) is 1.58. The van der Waals surface area contributed by atoms with Gasteiger partial charge >= 0.3 is 0 Å². The predicted octanol–water partition coefficient (Wildman–Crippen LogP) is 3.51. The Morgan fingerprint density at radius 1 is 1.04 bits per heavy atom. The second-order valence-electron chi connectivity index (χ2n) is 5.56. The monoisotopic (exact) mass is 326 g/mol. The number of hydrogen-bond donors (Lipinski definition) is 1. The van der Waals surface area contributed by atoms with Crippen LogP contribution in [0.5, 0.6) is 5.75 Å². The summed E-state index contributed by atoms with van der Waals surface area (Å²) >= 11 is 0. The summed E-state index contributed by atoms with van der Waals surface area (Å²) in [5, 5.41) is 3.06. The third-order valence-corrected chi connectivity index (χ3v) is 4.25. The molecular formula is C20H26N2O2. The van der Waals surface area contributed by atoms with Gasteiger partial charge in [0.2, 0.25) is 0 Å². The van der Waals surface area contributed by atoms with Gasteiger partial charge in [-0.3, -0.25) is 9.69 Å². The zero-order valence-electron chi connectivity index (χ0n) is 14.7. The van der Waals surface area contributed by atoms with Crippen LogP contribution >= 0.6 is 0 Å². The summed E-state index contributed by atoms with van der Waals surface area (Å²) < 4.78 is 5.28. The Morgan fingerprint density at radius 3 is 2.29 bits per heavy atom. The van der Waals surface area contributed by atoms with Crippen molar-refractivity contribution < 1.29 is 9.53 Å². The van der Waals surface area contributed by atoms with Crippen LogP contribution in [0, 0.1) is 0 Å². The van der Waals surface area contributed by atoms with Crippen molar-refractivity contribution in [2.45, 2.75) is 19.9 Å². The number of para-hydroxylation sites is 1. The molecule has 0 aliphatic rings. The number of likely N-dealkylation sites (N-methyl/N-ethyl adjacent to an activating group) is 1. The number of carbonyl (C=O) groups excluding carboxylic acids is 1. The zero-order valence-corrected chi connectivity index (χ0v) is 14.7. The van der Waals surface area contributed by atoms with E-state index in [1.807, 2.05) is 30.3 Å². The first kappa shape index (κ1) is 18.0. The van der Waals surface area contributed by atoms with E-state index in [9.17, 15) is 4.79 Å². The van der Waals surface area contributed by atoms with Gasteiger partial charge in [0, 0.05) is 6.54 Å². The van der Waals surface area contributed by atoms with Crippen molar-refractivity contribution in [2.75, 3.05) is 26.7 Å². The highest BCUT2D eigenvalue weighted by Crippen LogP contribution is 2.21. The molecule has 0 heterocycles. The first-order chi connectivity index (χ1) is 11.7. The topological polar surface area (TPSA) is 41.6 Å². The Morgan fingerprint density at radius 2 is 1.67 bits per heavy atom. The van der Waals surface area contributed by atoms with E-state index < -0.39 is 0 Å². The summed E-state index contributed by atoms with van der Waals surface area (Å²) in [6.45, 7) is 6.70. The molecule has 0 spiro atoms. The fourth-order valence-electron chi connectivity index (χ4n) is 2.91. The van der Waals surface area contributed by atoms with Gasteiger partial charge in [0.1, 0.15) is 5.75 Å². The fourth-order valence-corrected chi connectivity index (χ4v) is 2.91. The van der Waals surface area contributed by atoms with E-state index in [4.69, 9.17) is 4.74 Å². The Balaban J connectivity index is 2.14. The Kier molecular flexibility index (Phi) is 6.82. The first-order valence-corrected chi connectivity index (χ1v) is 8.41. The molecule has 1 N–H and O–H groups in total. The van der Waals surface area contributed by atoms with E-state index in [1.165, 1.54) is 5.56 Å². The molecule has 2 aromatic carbocycles.